The highest BCUT2D eigenvalue weighted by molar-refractivity contribution is 6.30. The molecule has 1 fully saturated rings. The van der Waals surface area contributed by atoms with E-state index in [1.807, 2.05) is 12.1 Å². The van der Waals surface area contributed by atoms with Crippen molar-refractivity contribution >= 4 is 11.6 Å². The number of benzene rings is 1. The number of hydrogen-bond donors (Lipinski definition) is 1. The highest BCUT2D eigenvalue weighted by atomic mass is 35.5. The van der Waals surface area contributed by atoms with Gasteiger partial charge in [-0.15, -0.1) is 0 Å². The van der Waals surface area contributed by atoms with Gasteiger partial charge in [0, 0.05) is 5.02 Å². The van der Waals surface area contributed by atoms with Crippen molar-refractivity contribution in [2.45, 2.75) is 6.29 Å². The molecule has 1 heterocycles. The lowest BCUT2D eigenvalue weighted by Gasteiger charge is -2.35. The molecule has 0 bridgehead atoms. The van der Waals surface area contributed by atoms with Gasteiger partial charge < -0.3 is 14.6 Å². The molecule has 0 amide bonds. The standard InChI is InChI=1S/C10H11ClO3/c11-8-2-1-3-9(4-8)14-10-7(5-12)6-13-10/h1-4,7,10,12H,5-6H2. The first kappa shape index (κ1) is 9.77. The van der Waals surface area contributed by atoms with Gasteiger partial charge in [0.15, 0.2) is 0 Å². The van der Waals surface area contributed by atoms with Crippen LogP contribution in [0.5, 0.6) is 5.75 Å². The molecule has 2 unspecified atom stereocenters. The van der Waals surface area contributed by atoms with Crippen LogP contribution in [-0.4, -0.2) is 24.6 Å². The maximum Gasteiger partial charge on any atom is 0.207 e. The number of ether oxygens (including phenoxy) is 2. The van der Waals surface area contributed by atoms with Crippen LogP contribution in [0, 0.1) is 5.92 Å². The molecule has 2 atom stereocenters. The third kappa shape index (κ3) is 2.00. The monoisotopic (exact) mass is 214 g/mol. The molecule has 1 N–H and O–H groups in total. The molecule has 0 aliphatic carbocycles. The predicted octanol–water partition coefficient (Wildman–Crippen LogP) is 1.68. The Kier molecular flexibility index (Phi) is 2.91. The average Bonchev–Trinajstić information content (AvgIpc) is 2.14. The Balaban J connectivity index is 1.97. The molecule has 3 nitrogen and oxygen atoms in total. The van der Waals surface area contributed by atoms with Gasteiger partial charge in [-0.25, -0.2) is 0 Å². The number of hydrogen-bond acceptors (Lipinski definition) is 3. The zero-order valence-electron chi connectivity index (χ0n) is 7.52. The van der Waals surface area contributed by atoms with Crippen molar-refractivity contribution in [1.29, 1.82) is 0 Å². The second kappa shape index (κ2) is 4.17. The van der Waals surface area contributed by atoms with Crippen LogP contribution in [0.2, 0.25) is 5.02 Å². The van der Waals surface area contributed by atoms with Gasteiger partial charge in [-0.1, -0.05) is 17.7 Å². The van der Waals surface area contributed by atoms with Gasteiger partial charge in [0.05, 0.1) is 19.1 Å². The third-order valence-electron chi connectivity index (χ3n) is 2.14. The first-order valence-electron chi connectivity index (χ1n) is 4.44. The van der Waals surface area contributed by atoms with Crippen LogP contribution in [0.1, 0.15) is 0 Å². The summed E-state index contributed by atoms with van der Waals surface area (Å²) in [4.78, 5) is 0. The Morgan fingerprint density at radius 1 is 1.57 bits per heavy atom. The van der Waals surface area contributed by atoms with Crippen molar-refractivity contribution in [3.05, 3.63) is 29.3 Å². The Hall–Kier alpha value is -0.770. The Labute approximate surface area is 87.2 Å². The topological polar surface area (TPSA) is 38.7 Å². The van der Waals surface area contributed by atoms with E-state index < -0.39 is 0 Å². The molecular weight excluding hydrogens is 204 g/mol. The fourth-order valence-electron chi connectivity index (χ4n) is 1.25. The average molecular weight is 215 g/mol. The third-order valence-corrected chi connectivity index (χ3v) is 2.38. The van der Waals surface area contributed by atoms with Gasteiger partial charge in [-0.3, -0.25) is 0 Å². The summed E-state index contributed by atoms with van der Waals surface area (Å²) in [7, 11) is 0. The molecule has 1 saturated heterocycles. The van der Waals surface area contributed by atoms with E-state index in [-0.39, 0.29) is 18.8 Å². The molecule has 14 heavy (non-hydrogen) atoms. The molecule has 1 aliphatic rings. The van der Waals surface area contributed by atoms with E-state index >= 15 is 0 Å². The molecule has 0 aromatic heterocycles. The summed E-state index contributed by atoms with van der Waals surface area (Å²) in [6.07, 6.45) is -0.335. The molecule has 4 heteroatoms. The molecule has 0 saturated carbocycles. The molecule has 76 valence electrons. The van der Waals surface area contributed by atoms with Crippen LogP contribution in [0.3, 0.4) is 0 Å². The second-order valence-electron chi connectivity index (χ2n) is 3.22. The Morgan fingerprint density at radius 2 is 2.43 bits per heavy atom. The predicted molar refractivity (Wildman–Crippen MR) is 52.4 cm³/mol. The summed E-state index contributed by atoms with van der Waals surface area (Å²) in [5, 5.41) is 9.53. The zero-order valence-corrected chi connectivity index (χ0v) is 8.28. The molecule has 1 aromatic rings. The summed E-state index contributed by atoms with van der Waals surface area (Å²) in [6.45, 7) is 0.646. The lowest BCUT2D eigenvalue weighted by atomic mass is 10.1. The second-order valence-corrected chi connectivity index (χ2v) is 3.66. The van der Waals surface area contributed by atoms with E-state index in [4.69, 9.17) is 26.2 Å². The quantitative estimate of drug-likeness (QED) is 0.832. The van der Waals surface area contributed by atoms with Gasteiger partial charge in [0.25, 0.3) is 0 Å². The van der Waals surface area contributed by atoms with Gasteiger partial charge in [-0.05, 0) is 18.2 Å². The fraction of sp³-hybridized carbons (Fsp3) is 0.400. The fourth-order valence-corrected chi connectivity index (χ4v) is 1.43. The minimum atomic E-state index is -0.335. The van der Waals surface area contributed by atoms with Gasteiger partial charge in [0.2, 0.25) is 6.29 Å². The Morgan fingerprint density at radius 3 is 3.00 bits per heavy atom. The van der Waals surface area contributed by atoms with Crippen molar-refractivity contribution in [1.82, 2.24) is 0 Å². The van der Waals surface area contributed by atoms with Crippen molar-refractivity contribution < 1.29 is 14.6 Å². The maximum absolute atomic E-state index is 8.90. The van der Waals surface area contributed by atoms with Crippen molar-refractivity contribution in [2.24, 2.45) is 5.92 Å². The highest BCUT2D eigenvalue weighted by Gasteiger charge is 2.33. The minimum Gasteiger partial charge on any atom is -0.464 e. The number of aliphatic hydroxyl groups is 1. The summed E-state index contributed by atoms with van der Waals surface area (Å²) in [5.41, 5.74) is 0. The van der Waals surface area contributed by atoms with E-state index in [2.05, 4.69) is 0 Å². The smallest absolute Gasteiger partial charge is 0.207 e. The van der Waals surface area contributed by atoms with Crippen LogP contribution in [0.4, 0.5) is 0 Å². The summed E-state index contributed by atoms with van der Waals surface area (Å²) in [5.74, 6) is 0.745. The summed E-state index contributed by atoms with van der Waals surface area (Å²) in [6, 6.07) is 7.11. The molecule has 0 spiro atoms. The molecular formula is C10H11ClO3. The lowest BCUT2D eigenvalue weighted by molar-refractivity contribution is -0.225. The minimum absolute atomic E-state index is 0.0778. The maximum atomic E-state index is 8.90. The molecule has 2 rings (SSSR count). The van der Waals surface area contributed by atoms with Crippen LogP contribution in [0.15, 0.2) is 24.3 Å². The van der Waals surface area contributed by atoms with Gasteiger partial charge in [-0.2, -0.15) is 0 Å². The first-order valence-corrected chi connectivity index (χ1v) is 4.82. The molecule has 1 aliphatic heterocycles. The lowest BCUT2D eigenvalue weighted by Crippen LogP contribution is -2.45. The first-order chi connectivity index (χ1) is 6.79. The van der Waals surface area contributed by atoms with E-state index in [1.54, 1.807) is 12.1 Å². The normalized spacial score (nSPS) is 25.6. The number of halogens is 1. The number of aliphatic hydroxyl groups excluding tert-OH is 1. The highest BCUT2D eigenvalue weighted by Crippen LogP contribution is 2.25. The Bertz CT molecular complexity index is 314. The SMILES string of the molecule is OCC1COC1Oc1cccc(Cl)c1. The van der Waals surface area contributed by atoms with Crippen LogP contribution in [-0.2, 0) is 4.74 Å². The van der Waals surface area contributed by atoms with Gasteiger partial charge >= 0.3 is 0 Å². The van der Waals surface area contributed by atoms with Gasteiger partial charge in [0.1, 0.15) is 5.75 Å². The van der Waals surface area contributed by atoms with E-state index in [0.29, 0.717) is 17.4 Å². The van der Waals surface area contributed by atoms with Crippen LogP contribution in [0.25, 0.3) is 0 Å². The molecule has 1 aromatic carbocycles. The largest absolute Gasteiger partial charge is 0.464 e. The van der Waals surface area contributed by atoms with Crippen molar-refractivity contribution in [3.8, 4) is 5.75 Å². The van der Waals surface area contributed by atoms with Crippen molar-refractivity contribution in [3.63, 3.8) is 0 Å². The van der Waals surface area contributed by atoms with Crippen LogP contribution < -0.4 is 4.74 Å². The van der Waals surface area contributed by atoms with E-state index in [0.717, 1.165) is 0 Å². The number of rotatable bonds is 3. The van der Waals surface area contributed by atoms with E-state index in [9.17, 15) is 0 Å². The summed E-state index contributed by atoms with van der Waals surface area (Å²) < 4.78 is 10.6. The zero-order chi connectivity index (χ0) is 9.97. The molecule has 0 radical (unpaired) electrons. The van der Waals surface area contributed by atoms with E-state index in [1.165, 1.54) is 0 Å². The van der Waals surface area contributed by atoms with Crippen molar-refractivity contribution in [2.75, 3.05) is 13.2 Å². The van der Waals surface area contributed by atoms with Crippen LogP contribution >= 0.6 is 11.6 Å². The summed E-state index contributed by atoms with van der Waals surface area (Å²) >= 11 is 5.79.